The maximum absolute atomic E-state index is 5.43. The molecule has 2 heterocycles. The van der Waals surface area contributed by atoms with Crippen molar-refractivity contribution in [1.29, 1.82) is 0 Å². The van der Waals surface area contributed by atoms with Crippen molar-refractivity contribution in [2.75, 3.05) is 26.8 Å². The van der Waals surface area contributed by atoms with Crippen LogP contribution in [0.15, 0.2) is 17.5 Å². The Balaban J connectivity index is 1.67. The minimum absolute atomic E-state index is 0.557. The van der Waals surface area contributed by atoms with E-state index in [2.05, 4.69) is 41.7 Å². The van der Waals surface area contributed by atoms with Crippen molar-refractivity contribution in [3.8, 4) is 0 Å². The van der Waals surface area contributed by atoms with Gasteiger partial charge in [-0.15, -0.1) is 11.3 Å². The number of ether oxygens (including phenoxy) is 1. The highest BCUT2D eigenvalue weighted by molar-refractivity contribution is 7.09. The summed E-state index contributed by atoms with van der Waals surface area (Å²) in [6, 6.07) is 5.44. The van der Waals surface area contributed by atoms with Crippen LogP contribution in [0, 0.1) is 0 Å². The second-order valence-corrected chi connectivity index (χ2v) is 5.77. The van der Waals surface area contributed by atoms with Gasteiger partial charge < -0.3 is 10.1 Å². The molecule has 0 aromatic carbocycles. The van der Waals surface area contributed by atoms with E-state index in [9.17, 15) is 0 Å². The second kappa shape index (κ2) is 6.50. The molecule has 3 nitrogen and oxygen atoms in total. The smallest absolute Gasteiger partial charge is 0.0622 e. The standard InChI is InChI=1S/C13H22N2OS/c1-11(15(2)12-5-6-16-10-12)8-14-9-13-4-3-7-17-13/h3-4,7,11-12,14H,5-6,8-10H2,1-2H3. The maximum atomic E-state index is 5.43. The molecule has 1 aliphatic heterocycles. The van der Waals surface area contributed by atoms with Crippen molar-refractivity contribution in [1.82, 2.24) is 10.2 Å². The largest absolute Gasteiger partial charge is 0.380 e. The summed E-state index contributed by atoms with van der Waals surface area (Å²) in [7, 11) is 2.21. The molecule has 1 aliphatic rings. The van der Waals surface area contributed by atoms with E-state index in [4.69, 9.17) is 4.74 Å². The predicted molar refractivity (Wildman–Crippen MR) is 72.5 cm³/mol. The fourth-order valence-electron chi connectivity index (χ4n) is 2.16. The van der Waals surface area contributed by atoms with Gasteiger partial charge in [-0.1, -0.05) is 6.07 Å². The van der Waals surface area contributed by atoms with Gasteiger partial charge in [0, 0.05) is 36.7 Å². The quantitative estimate of drug-likeness (QED) is 0.840. The lowest BCUT2D eigenvalue weighted by Crippen LogP contribution is -2.44. The lowest BCUT2D eigenvalue weighted by Gasteiger charge is -2.29. The van der Waals surface area contributed by atoms with Crippen LogP contribution in [0.2, 0.25) is 0 Å². The first-order valence-electron chi connectivity index (χ1n) is 6.30. The average Bonchev–Trinajstić information content (AvgIpc) is 3.00. The zero-order valence-corrected chi connectivity index (χ0v) is 11.5. The van der Waals surface area contributed by atoms with Crippen molar-refractivity contribution in [3.63, 3.8) is 0 Å². The molecule has 2 rings (SSSR count). The lowest BCUT2D eigenvalue weighted by atomic mass is 10.2. The molecule has 0 amide bonds. The summed E-state index contributed by atoms with van der Waals surface area (Å²) in [6.07, 6.45) is 1.17. The highest BCUT2D eigenvalue weighted by Crippen LogP contribution is 2.13. The van der Waals surface area contributed by atoms with Gasteiger partial charge in [-0.2, -0.15) is 0 Å². The van der Waals surface area contributed by atoms with Crippen molar-refractivity contribution in [2.45, 2.75) is 32.0 Å². The first-order chi connectivity index (χ1) is 8.27. The molecule has 0 aliphatic carbocycles. The molecule has 17 heavy (non-hydrogen) atoms. The summed E-state index contributed by atoms with van der Waals surface area (Å²) in [6.45, 7) is 6.11. The molecule has 1 N–H and O–H groups in total. The highest BCUT2D eigenvalue weighted by atomic mass is 32.1. The molecule has 1 saturated heterocycles. The summed E-state index contributed by atoms with van der Waals surface area (Å²) >= 11 is 1.81. The molecule has 0 spiro atoms. The Hall–Kier alpha value is -0.420. The Kier molecular flexibility index (Phi) is 4.98. The van der Waals surface area contributed by atoms with E-state index in [-0.39, 0.29) is 0 Å². The van der Waals surface area contributed by atoms with Crippen LogP contribution < -0.4 is 5.32 Å². The van der Waals surface area contributed by atoms with E-state index >= 15 is 0 Å². The van der Waals surface area contributed by atoms with E-state index in [1.165, 1.54) is 11.3 Å². The summed E-state index contributed by atoms with van der Waals surface area (Å²) in [5.74, 6) is 0. The van der Waals surface area contributed by atoms with E-state index in [1.54, 1.807) is 0 Å². The molecule has 96 valence electrons. The number of likely N-dealkylation sites (N-methyl/N-ethyl adjacent to an activating group) is 1. The van der Waals surface area contributed by atoms with Crippen molar-refractivity contribution in [3.05, 3.63) is 22.4 Å². The van der Waals surface area contributed by atoms with Crippen LogP contribution in [0.3, 0.4) is 0 Å². The average molecular weight is 254 g/mol. The topological polar surface area (TPSA) is 24.5 Å². The van der Waals surface area contributed by atoms with Gasteiger partial charge in [-0.25, -0.2) is 0 Å². The third kappa shape index (κ3) is 3.78. The Morgan fingerprint density at radius 2 is 2.53 bits per heavy atom. The van der Waals surface area contributed by atoms with Gasteiger partial charge >= 0.3 is 0 Å². The van der Waals surface area contributed by atoms with Gasteiger partial charge in [-0.05, 0) is 31.8 Å². The molecule has 0 saturated carbocycles. The summed E-state index contributed by atoms with van der Waals surface area (Å²) in [4.78, 5) is 3.85. The van der Waals surface area contributed by atoms with Gasteiger partial charge in [0.2, 0.25) is 0 Å². The third-order valence-corrected chi connectivity index (χ3v) is 4.37. The van der Waals surface area contributed by atoms with Gasteiger partial charge in [0.15, 0.2) is 0 Å². The molecule has 1 aromatic rings. The number of rotatable bonds is 6. The zero-order valence-electron chi connectivity index (χ0n) is 10.7. The van der Waals surface area contributed by atoms with Gasteiger partial charge in [0.1, 0.15) is 0 Å². The van der Waals surface area contributed by atoms with E-state index < -0.39 is 0 Å². The van der Waals surface area contributed by atoms with Crippen LogP contribution in [-0.2, 0) is 11.3 Å². The fraction of sp³-hybridized carbons (Fsp3) is 0.692. The summed E-state index contributed by atoms with van der Waals surface area (Å²) < 4.78 is 5.43. The normalized spacial score (nSPS) is 22.2. The zero-order chi connectivity index (χ0) is 12.1. The number of nitrogens with zero attached hydrogens (tertiary/aromatic N) is 1. The first kappa shape index (κ1) is 13.0. The highest BCUT2D eigenvalue weighted by Gasteiger charge is 2.23. The number of nitrogens with one attached hydrogen (secondary N) is 1. The van der Waals surface area contributed by atoms with Gasteiger partial charge in [0.05, 0.1) is 6.61 Å². The maximum Gasteiger partial charge on any atom is 0.0622 e. The predicted octanol–water partition coefficient (Wildman–Crippen LogP) is 1.95. The monoisotopic (exact) mass is 254 g/mol. The molecule has 1 fully saturated rings. The summed E-state index contributed by atoms with van der Waals surface area (Å²) in [5.41, 5.74) is 0. The van der Waals surface area contributed by atoms with Crippen LogP contribution in [0.1, 0.15) is 18.2 Å². The van der Waals surface area contributed by atoms with Gasteiger partial charge in [0.25, 0.3) is 0 Å². The van der Waals surface area contributed by atoms with Crippen LogP contribution in [0.5, 0.6) is 0 Å². The van der Waals surface area contributed by atoms with Crippen molar-refractivity contribution < 1.29 is 4.74 Å². The molecule has 1 aromatic heterocycles. The molecular weight excluding hydrogens is 232 g/mol. The van der Waals surface area contributed by atoms with Crippen molar-refractivity contribution in [2.24, 2.45) is 0 Å². The Bertz CT molecular complexity index is 309. The Morgan fingerprint density at radius 3 is 3.18 bits per heavy atom. The van der Waals surface area contributed by atoms with Gasteiger partial charge in [-0.3, -0.25) is 4.90 Å². The minimum Gasteiger partial charge on any atom is -0.380 e. The van der Waals surface area contributed by atoms with Crippen LogP contribution in [0.4, 0.5) is 0 Å². The molecule has 0 bridgehead atoms. The minimum atomic E-state index is 0.557. The molecule has 2 unspecified atom stereocenters. The number of hydrogen-bond acceptors (Lipinski definition) is 4. The third-order valence-electron chi connectivity index (χ3n) is 3.50. The first-order valence-corrected chi connectivity index (χ1v) is 7.18. The lowest BCUT2D eigenvalue weighted by molar-refractivity contribution is 0.137. The molecule has 4 heteroatoms. The second-order valence-electron chi connectivity index (χ2n) is 4.74. The SMILES string of the molecule is CC(CNCc1cccs1)N(C)C1CCOC1. The van der Waals surface area contributed by atoms with Crippen LogP contribution in [-0.4, -0.2) is 43.8 Å². The molecule has 2 atom stereocenters. The Morgan fingerprint density at radius 1 is 1.65 bits per heavy atom. The van der Waals surface area contributed by atoms with Crippen LogP contribution in [0.25, 0.3) is 0 Å². The number of hydrogen-bond donors (Lipinski definition) is 1. The van der Waals surface area contributed by atoms with Crippen molar-refractivity contribution >= 4 is 11.3 Å². The fourth-order valence-corrected chi connectivity index (χ4v) is 2.84. The van der Waals surface area contributed by atoms with E-state index in [1.807, 2.05) is 11.3 Å². The summed E-state index contributed by atoms with van der Waals surface area (Å²) in [5, 5.41) is 5.65. The van der Waals surface area contributed by atoms with E-state index in [0.717, 1.165) is 26.3 Å². The molecular formula is C13H22N2OS. The number of thiophene rings is 1. The van der Waals surface area contributed by atoms with E-state index in [0.29, 0.717) is 12.1 Å². The van der Waals surface area contributed by atoms with Crippen LogP contribution >= 0.6 is 11.3 Å². The Labute approximate surface area is 108 Å². The molecule has 0 radical (unpaired) electrons.